The lowest BCUT2D eigenvalue weighted by atomic mass is 9.93. The number of benzene rings is 3. The zero-order valence-corrected chi connectivity index (χ0v) is 22.3. The topological polar surface area (TPSA) is 84.9 Å². The predicted molar refractivity (Wildman–Crippen MR) is 146 cm³/mol. The largest absolute Gasteiger partial charge is 0.480 e. The van der Waals surface area contributed by atoms with E-state index in [0.717, 1.165) is 27.8 Å². The summed E-state index contributed by atoms with van der Waals surface area (Å²) in [7, 11) is 0. The zero-order chi connectivity index (χ0) is 26.8. The van der Waals surface area contributed by atoms with Crippen LogP contribution < -0.4 is 5.32 Å². The number of rotatable bonds is 13. The first-order valence-electron chi connectivity index (χ1n) is 12.5. The van der Waals surface area contributed by atoms with Crippen LogP contribution in [0.1, 0.15) is 59.8 Å². The Bertz CT molecular complexity index is 1210. The second-order valence-corrected chi connectivity index (χ2v) is 9.30. The van der Waals surface area contributed by atoms with Crippen LogP contribution in [0.5, 0.6) is 0 Å². The summed E-state index contributed by atoms with van der Waals surface area (Å²) in [4.78, 5) is 24.8. The van der Waals surface area contributed by atoms with E-state index in [1.807, 2.05) is 81.4 Å². The Balaban J connectivity index is 1.91. The van der Waals surface area contributed by atoms with Crippen LogP contribution in [0.3, 0.4) is 0 Å². The molecule has 2 N–H and O–H groups in total. The van der Waals surface area contributed by atoms with Crippen molar-refractivity contribution in [1.82, 2.24) is 5.32 Å². The molecule has 0 unspecified atom stereocenters. The molecule has 3 aromatic carbocycles. The molecule has 3 aromatic rings. The summed E-state index contributed by atoms with van der Waals surface area (Å²) in [6.45, 7) is 7.04. The van der Waals surface area contributed by atoms with Gasteiger partial charge < -0.3 is 19.9 Å². The van der Waals surface area contributed by atoms with Crippen LogP contribution in [0, 0.1) is 6.92 Å². The normalized spacial score (nSPS) is 12.6. The van der Waals surface area contributed by atoms with E-state index in [9.17, 15) is 14.7 Å². The van der Waals surface area contributed by atoms with Gasteiger partial charge in [-0.2, -0.15) is 0 Å². The molecule has 2 atom stereocenters. The number of hydrogen-bond donors (Lipinski definition) is 2. The molecule has 0 heterocycles. The molecule has 0 fully saturated rings. The summed E-state index contributed by atoms with van der Waals surface area (Å²) in [5, 5.41) is 12.8. The van der Waals surface area contributed by atoms with Gasteiger partial charge in [0.1, 0.15) is 12.1 Å². The third-order valence-corrected chi connectivity index (χ3v) is 6.32. The lowest BCUT2D eigenvalue weighted by Crippen LogP contribution is -2.40. The van der Waals surface area contributed by atoms with E-state index in [1.165, 1.54) is 0 Å². The average molecular weight is 524 g/mol. The highest BCUT2D eigenvalue weighted by Crippen LogP contribution is 2.30. The lowest BCUT2D eigenvalue weighted by molar-refractivity contribution is -0.139. The Hall–Kier alpha value is -3.19. The minimum atomic E-state index is -1.04. The second-order valence-electron chi connectivity index (χ2n) is 8.86. The third kappa shape index (κ3) is 7.89. The van der Waals surface area contributed by atoms with Gasteiger partial charge in [-0.25, -0.2) is 4.79 Å². The molecule has 1 amide bonds. The van der Waals surface area contributed by atoms with E-state index in [-0.39, 0.29) is 6.10 Å². The Kier molecular flexibility index (Phi) is 10.7. The summed E-state index contributed by atoms with van der Waals surface area (Å²) < 4.78 is 11.9. The molecule has 196 valence electrons. The molecule has 7 heteroatoms. The number of aryl methyl sites for hydroxylation is 1. The van der Waals surface area contributed by atoms with Gasteiger partial charge in [-0.05, 0) is 72.4 Å². The number of nitrogens with one attached hydrogen (secondary N) is 1. The fraction of sp³-hybridized carbons (Fsp3) is 0.333. The van der Waals surface area contributed by atoms with Gasteiger partial charge in [0, 0.05) is 17.2 Å². The number of amides is 1. The molecule has 0 saturated carbocycles. The smallest absolute Gasteiger partial charge is 0.326 e. The lowest BCUT2D eigenvalue weighted by Gasteiger charge is -2.20. The van der Waals surface area contributed by atoms with Crippen molar-refractivity contribution in [3.63, 3.8) is 0 Å². The number of aliphatic carboxylic acids is 1. The van der Waals surface area contributed by atoms with Gasteiger partial charge in [0.05, 0.1) is 13.2 Å². The maximum atomic E-state index is 13.2. The highest BCUT2D eigenvalue weighted by molar-refractivity contribution is 6.30. The molecule has 37 heavy (non-hydrogen) atoms. The number of hydrogen-bond acceptors (Lipinski definition) is 4. The van der Waals surface area contributed by atoms with Crippen molar-refractivity contribution in [2.45, 2.75) is 52.4 Å². The molecule has 0 aliphatic rings. The van der Waals surface area contributed by atoms with Crippen molar-refractivity contribution in [2.75, 3.05) is 13.2 Å². The molecule has 0 spiro atoms. The molecule has 0 aromatic heterocycles. The van der Waals surface area contributed by atoms with Crippen LogP contribution in [0.2, 0.25) is 5.02 Å². The number of carbonyl (C=O) groups excluding carboxylic acids is 1. The van der Waals surface area contributed by atoms with Gasteiger partial charge in [-0.3, -0.25) is 4.79 Å². The van der Waals surface area contributed by atoms with Crippen LogP contribution in [0.4, 0.5) is 0 Å². The van der Waals surface area contributed by atoms with Crippen LogP contribution in [0.25, 0.3) is 11.1 Å². The van der Waals surface area contributed by atoms with E-state index in [2.05, 4.69) is 5.32 Å². The Morgan fingerprint density at radius 1 is 1.00 bits per heavy atom. The SMILES string of the molecule is CCC[C@H](NC(=O)c1ccc(CO[C@@H](COCC)c2cccc(Cl)c2)cc1-c1ccccc1C)C(=O)O. The fourth-order valence-corrected chi connectivity index (χ4v) is 4.33. The molecule has 0 radical (unpaired) electrons. The second kappa shape index (κ2) is 13.9. The van der Waals surface area contributed by atoms with Crippen molar-refractivity contribution in [3.05, 3.63) is 94.0 Å². The van der Waals surface area contributed by atoms with Crippen molar-refractivity contribution < 1.29 is 24.2 Å². The minimum absolute atomic E-state index is 0.290. The summed E-state index contributed by atoms with van der Waals surface area (Å²) in [6, 6.07) is 19.9. The fourth-order valence-electron chi connectivity index (χ4n) is 4.13. The van der Waals surface area contributed by atoms with Crippen LogP contribution in [-0.4, -0.2) is 36.2 Å². The van der Waals surface area contributed by atoms with Crippen molar-refractivity contribution in [1.29, 1.82) is 0 Å². The zero-order valence-electron chi connectivity index (χ0n) is 21.5. The molecule has 3 rings (SSSR count). The van der Waals surface area contributed by atoms with Gasteiger partial charge in [0.25, 0.3) is 5.91 Å². The Morgan fingerprint density at radius 3 is 2.46 bits per heavy atom. The minimum Gasteiger partial charge on any atom is -0.480 e. The van der Waals surface area contributed by atoms with Crippen LogP contribution in [0.15, 0.2) is 66.7 Å². The quantitative estimate of drug-likeness (QED) is 0.264. The van der Waals surface area contributed by atoms with E-state index in [1.54, 1.807) is 6.07 Å². The van der Waals surface area contributed by atoms with Gasteiger partial charge in [0.2, 0.25) is 0 Å². The van der Waals surface area contributed by atoms with Gasteiger partial charge >= 0.3 is 5.97 Å². The van der Waals surface area contributed by atoms with Crippen LogP contribution in [-0.2, 0) is 20.9 Å². The molecular weight excluding hydrogens is 490 g/mol. The standard InChI is InChI=1S/C30H34ClNO5/c1-4-9-27(30(34)35)32-29(33)25-15-14-21(16-26(25)24-13-7-6-10-20(24)3)18-37-28(19-36-5-2)22-11-8-12-23(31)17-22/h6-8,10-17,27-28H,4-5,9,18-19H2,1-3H3,(H,32,33)(H,34,35)/t27-,28-/m0/s1. The number of ether oxygens (including phenoxy) is 2. The van der Waals surface area contributed by atoms with E-state index in [4.69, 9.17) is 21.1 Å². The number of carboxylic acids is 1. The Labute approximate surface area is 223 Å². The number of carboxylic acid groups (broad SMARTS) is 1. The highest BCUT2D eigenvalue weighted by Gasteiger charge is 2.22. The number of halogens is 1. The molecule has 0 aliphatic carbocycles. The average Bonchev–Trinajstić information content (AvgIpc) is 2.88. The molecular formula is C30H34ClNO5. The summed E-state index contributed by atoms with van der Waals surface area (Å²) in [5.74, 6) is -1.46. The first-order valence-corrected chi connectivity index (χ1v) is 12.9. The maximum absolute atomic E-state index is 13.2. The van der Waals surface area contributed by atoms with E-state index in [0.29, 0.717) is 43.2 Å². The van der Waals surface area contributed by atoms with E-state index >= 15 is 0 Å². The first-order chi connectivity index (χ1) is 17.8. The summed E-state index contributed by atoms with van der Waals surface area (Å²) in [6.07, 6.45) is 0.694. The summed E-state index contributed by atoms with van der Waals surface area (Å²) in [5.41, 5.74) is 4.85. The summed E-state index contributed by atoms with van der Waals surface area (Å²) >= 11 is 6.19. The maximum Gasteiger partial charge on any atom is 0.326 e. The molecule has 0 saturated heterocycles. The monoisotopic (exact) mass is 523 g/mol. The van der Waals surface area contributed by atoms with Crippen molar-refractivity contribution >= 4 is 23.5 Å². The molecule has 0 aliphatic heterocycles. The molecule has 0 bridgehead atoms. The van der Waals surface area contributed by atoms with Gasteiger partial charge in [-0.1, -0.05) is 67.4 Å². The third-order valence-electron chi connectivity index (χ3n) is 6.09. The predicted octanol–water partition coefficient (Wildman–Crippen LogP) is 6.59. The Morgan fingerprint density at radius 2 is 1.78 bits per heavy atom. The van der Waals surface area contributed by atoms with Crippen LogP contribution >= 0.6 is 11.6 Å². The van der Waals surface area contributed by atoms with Gasteiger partial charge in [0.15, 0.2) is 0 Å². The first kappa shape index (κ1) is 28.4. The molecule has 6 nitrogen and oxygen atoms in total. The van der Waals surface area contributed by atoms with E-state index < -0.39 is 17.9 Å². The van der Waals surface area contributed by atoms with Crippen molar-refractivity contribution in [2.24, 2.45) is 0 Å². The van der Waals surface area contributed by atoms with Gasteiger partial charge in [-0.15, -0.1) is 0 Å². The highest BCUT2D eigenvalue weighted by atomic mass is 35.5. The van der Waals surface area contributed by atoms with Crippen molar-refractivity contribution in [3.8, 4) is 11.1 Å². The number of carbonyl (C=O) groups is 2.